The van der Waals surface area contributed by atoms with Crippen LogP contribution in [0.4, 0.5) is 0 Å². The molecule has 1 atom stereocenters. The van der Waals surface area contributed by atoms with Crippen molar-refractivity contribution < 1.29 is 13.2 Å². The minimum Gasteiger partial charge on any atom is -0.346 e. The second-order valence-corrected chi connectivity index (χ2v) is 7.93. The lowest BCUT2D eigenvalue weighted by molar-refractivity contribution is 0.0939. The molecule has 4 nitrogen and oxygen atoms in total. The van der Waals surface area contributed by atoms with Crippen LogP contribution in [0.15, 0.2) is 47.4 Å². The monoisotopic (exact) mass is 331 g/mol. The number of aryl methyl sites for hydroxylation is 2. The second-order valence-electron chi connectivity index (χ2n) is 5.91. The summed E-state index contributed by atoms with van der Waals surface area (Å²) in [4.78, 5) is 12.6. The van der Waals surface area contributed by atoms with Crippen molar-refractivity contribution in [3.05, 3.63) is 64.7 Å². The van der Waals surface area contributed by atoms with Crippen LogP contribution in [0.3, 0.4) is 0 Å². The first-order chi connectivity index (χ1) is 10.7. The molecule has 1 N–H and O–H groups in total. The SMILES string of the molecule is Cc1cc(C)cc(C(=O)NC(C)c2ccc(S(C)(=O)=O)cc2)c1. The second kappa shape index (κ2) is 6.54. The van der Waals surface area contributed by atoms with Crippen LogP contribution in [0, 0.1) is 13.8 Å². The molecule has 0 fully saturated rings. The highest BCUT2D eigenvalue weighted by molar-refractivity contribution is 7.90. The van der Waals surface area contributed by atoms with E-state index in [1.807, 2.05) is 39.0 Å². The first-order valence-electron chi connectivity index (χ1n) is 7.36. The molecule has 0 saturated carbocycles. The van der Waals surface area contributed by atoms with Crippen LogP contribution < -0.4 is 5.32 Å². The normalized spacial score (nSPS) is 12.7. The van der Waals surface area contributed by atoms with Gasteiger partial charge >= 0.3 is 0 Å². The van der Waals surface area contributed by atoms with Gasteiger partial charge < -0.3 is 5.32 Å². The van der Waals surface area contributed by atoms with Gasteiger partial charge in [-0.1, -0.05) is 29.3 Å². The summed E-state index contributed by atoms with van der Waals surface area (Å²) < 4.78 is 22.9. The molecule has 122 valence electrons. The summed E-state index contributed by atoms with van der Waals surface area (Å²) >= 11 is 0. The van der Waals surface area contributed by atoms with Gasteiger partial charge in [0.15, 0.2) is 9.84 Å². The van der Waals surface area contributed by atoms with Gasteiger partial charge in [-0.3, -0.25) is 4.79 Å². The fourth-order valence-corrected chi connectivity index (χ4v) is 3.10. The minimum atomic E-state index is -3.21. The average molecular weight is 331 g/mol. The van der Waals surface area contributed by atoms with Crippen LogP contribution in [0.5, 0.6) is 0 Å². The first kappa shape index (κ1) is 17.2. The zero-order valence-corrected chi connectivity index (χ0v) is 14.6. The topological polar surface area (TPSA) is 63.2 Å². The summed E-state index contributed by atoms with van der Waals surface area (Å²) in [6.07, 6.45) is 1.17. The number of hydrogen-bond donors (Lipinski definition) is 1. The van der Waals surface area contributed by atoms with Crippen LogP contribution in [-0.2, 0) is 9.84 Å². The molecule has 2 rings (SSSR count). The third-order valence-electron chi connectivity index (χ3n) is 3.64. The molecule has 0 aliphatic carbocycles. The Hall–Kier alpha value is -2.14. The number of rotatable bonds is 4. The molecule has 0 heterocycles. The molecular formula is C18H21NO3S. The zero-order chi connectivity index (χ0) is 17.2. The number of hydrogen-bond acceptors (Lipinski definition) is 3. The molecule has 0 aromatic heterocycles. The fraction of sp³-hybridized carbons (Fsp3) is 0.278. The van der Waals surface area contributed by atoms with E-state index in [0.717, 1.165) is 16.7 Å². The van der Waals surface area contributed by atoms with E-state index in [1.54, 1.807) is 24.3 Å². The van der Waals surface area contributed by atoms with Gasteiger partial charge in [-0.25, -0.2) is 8.42 Å². The molecule has 0 saturated heterocycles. The number of carbonyl (C=O) groups excluding carboxylic acids is 1. The maximum Gasteiger partial charge on any atom is 0.251 e. The summed E-state index contributed by atoms with van der Waals surface area (Å²) in [5, 5.41) is 2.94. The molecule has 0 radical (unpaired) electrons. The molecule has 0 bridgehead atoms. The van der Waals surface area contributed by atoms with E-state index in [9.17, 15) is 13.2 Å². The van der Waals surface area contributed by atoms with Gasteiger partial charge in [0.2, 0.25) is 0 Å². The number of benzene rings is 2. The first-order valence-corrected chi connectivity index (χ1v) is 9.25. The number of sulfone groups is 1. The van der Waals surface area contributed by atoms with E-state index in [1.165, 1.54) is 6.26 Å². The van der Waals surface area contributed by atoms with Gasteiger partial charge in [0.05, 0.1) is 10.9 Å². The molecule has 2 aromatic carbocycles. The summed E-state index contributed by atoms with van der Waals surface area (Å²) in [6, 6.07) is 12.1. The Morgan fingerprint density at radius 2 is 1.52 bits per heavy atom. The largest absolute Gasteiger partial charge is 0.346 e. The smallest absolute Gasteiger partial charge is 0.251 e. The Kier molecular flexibility index (Phi) is 4.90. The lowest BCUT2D eigenvalue weighted by Gasteiger charge is -2.15. The Balaban J connectivity index is 2.15. The van der Waals surface area contributed by atoms with E-state index >= 15 is 0 Å². The molecular weight excluding hydrogens is 310 g/mol. The Morgan fingerprint density at radius 1 is 1.00 bits per heavy atom. The van der Waals surface area contributed by atoms with Crippen LogP contribution in [0.2, 0.25) is 0 Å². The Bertz CT molecular complexity index is 804. The third-order valence-corrected chi connectivity index (χ3v) is 4.77. The molecule has 23 heavy (non-hydrogen) atoms. The highest BCUT2D eigenvalue weighted by Gasteiger charge is 2.13. The highest BCUT2D eigenvalue weighted by Crippen LogP contribution is 2.17. The van der Waals surface area contributed by atoms with Gasteiger partial charge in [-0.15, -0.1) is 0 Å². The Labute approximate surface area is 137 Å². The molecule has 0 aliphatic rings. The van der Waals surface area contributed by atoms with Crippen molar-refractivity contribution in [2.24, 2.45) is 0 Å². The van der Waals surface area contributed by atoms with Gasteiger partial charge in [0.1, 0.15) is 0 Å². The van der Waals surface area contributed by atoms with Gasteiger partial charge in [-0.05, 0) is 50.6 Å². The molecule has 1 unspecified atom stereocenters. The van der Waals surface area contributed by atoms with Gasteiger partial charge in [0.25, 0.3) is 5.91 Å². The van der Waals surface area contributed by atoms with E-state index in [2.05, 4.69) is 5.32 Å². The van der Waals surface area contributed by atoms with Crippen molar-refractivity contribution in [3.8, 4) is 0 Å². The lowest BCUT2D eigenvalue weighted by atomic mass is 10.1. The predicted octanol–water partition coefficient (Wildman–Crippen LogP) is 3.20. The minimum absolute atomic E-state index is 0.142. The maximum atomic E-state index is 12.4. The third kappa shape index (κ3) is 4.42. The van der Waals surface area contributed by atoms with E-state index < -0.39 is 9.84 Å². The Morgan fingerprint density at radius 3 is 2.00 bits per heavy atom. The van der Waals surface area contributed by atoms with Crippen LogP contribution in [0.1, 0.15) is 40.0 Å². The maximum absolute atomic E-state index is 12.4. The molecule has 2 aromatic rings. The van der Waals surface area contributed by atoms with E-state index in [-0.39, 0.29) is 16.8 Å². The summed E-state index contributed by atoms with van der Waals surface area (Å²) in [6.45, 7) is 5.78. The molecule has 5 heteroatoms. The van der Waals surface area contributed by atoms with Crippen LogP contribution >= 0.6 is 0 Å². The summed E-state index contributed by atoms with van der Waals surface area (Å²) in [7, 11) is -3.21. The lowest BCUT2D eigenvalue weighted by Crippen LogP contribution is -2.26. The summed E-state index contributed by atoms with van der Waals surface area (Å²) in [5.41, 5.74) is 3.57. The predicted molar refractivity (Wildman–Crippen MR) is 91.3 cm³/mol. The number of nitrogens with one attached hydrogen (secondary N) is 1. The van der Waals surface area contributed by atoms with Crippen molar-refractivity contribution in [1.82, 2.24) is 5.32 Å². The average Bonchev–Trinajstić information content (AvgIpc) is 2.45. The van der Waals surface area contributed by atoms with Crippen LogP contribution in [-0.4, -0.2) is 20.6 Å². The van der Waals surface area contributed by atoms with Crippen molar-refractivity contribution in [1.29, 1.82) is 0 Å². The van der Waals surface area contributed by atoms with Crippen LogP contribution in [0.25, 0.3) is 0 Å². The van der Waals surface area contributed by atoms with Crippen molar-refractivity contribution in [2.75, 3.05) is 6.26 Å². The van der Waals surface area contributed by atoms with Crippen molar-refractivity contribution >= 4 is 15.7 Å². The van der Waals surface area contributed by atoms with Gasteiger partial charge in [-0.2, -0.15) is 0 Å². The van der Waals surface area contributed by atoms with E-state index in [0.29, 0.717) is 5.56 Å². The molecule has 0 spiro atoms. The van der Waals surface area contributed by atoms with Crippen molar-refractivity contribution in [3.63, 3.8) is 0 Å². The zero-order valence-electron chi connectivity index (χ0n) is 13.8. The molecule has 0 aliphatic heterocycles. The summed E-state index contributed by atoms with van der Waals surface area (Å²) in [5.74, 6) is -0.142. The fourth-order valence-electron chi connectivity index (χ4n) is 2.47. The standard InChI is InChI=1S/C18H21NO3S/c1-12-9-13(2)11-16(10-12)18(20)19-14(3)15-5-7-17(8-6-15)23(4,21)22/h5-11,14H,1-4H3,(H,19,20). The highest BCUT2D eigenvalue weighted by atomic mass is 32.2. The van der Waals surface area contributed by atoms with Crippen molar-refractivity contribution in [2.45, 2.75) is 31.7 Å². The quantitative estimate of drug-likeness (QED) is 0.936. The number of amides is 1. The van der Waals surface area contributed by atoms with Gasteiger partial charge in [0, 0.05) is 11.8 Å². The van der Waals surface area contributed by atoms with E-state index in [4.69, 9.17) is 0 Å². The number of carbonyl (C=O) groups is 1. The molecule has 1 amide bonds.